The molecule has 55 heavy (non-hydrogen) atoms. The lowest BCUT2D eigenvalue weighted by molar-refractivity contribution is -0.451. The zero-order valence-electron chi connectivity index (χ0n) is 26.4. The van der Waals surface area contributed by atoms with Crippen molar-refractivity contribution in [2.45, 2.75) is 54.9 Å². The van der Waals surface area contributed by atoms with Gasteiger partial charge in [0, 0.05) is 6.07 Å². The van der Waals surface area contributed by atoms with Gasteiger partial charge in [-0.15, -0.1) is 0 Å². The highest BCUT2D eigenvalue weighted by molar-refractivity contribution is 5.95. The van der Waals surface area contributed by atoms with Gasteiger partial charge in [0.15, 0.2) is 0 Å². The van der Waals surface area contributed by atoms with Crippen LogP contribution in [0.5, 0.6) is 5.75 Å². The summed E-state index contributed by atoms with van der Waals surface area (Å²) in [7, 11) is 0. The number of carbonyl (C=O) groups excluding carboxylic acids is 2. The summed E-state index contributed by atoms with van der Waals surface area (Å²) in [5.74, 6) is -56.5. The molecule has 0 aliphatic carbocycles. The third kappa shape index (κ3) is 8.77. The number of amides is 2. The van der Waals surface area contributed by atoms with Gasteiger partial charge in [-0.1, -0.05) is 60.7 Å². The zero-order chi connectivity index (χ0) is 41.8. The Kier molecular flexibility index (Phi) is 12.6. The van der Waals surface area contributed by atoms with E-state index in [1.807, 2.05) is 10.6 Å². The van der Waals surface area contributed by atoms with Crippen molar-refractivity contribution in [3.05, 3.63) is 102 Å². The number of alkyl halides is 15. The van der Waals surface area contributed by atoms with Crippen LogP contribution < -0.4 is 15.4 Å². The average Bonchev–Trinajstić information content (AvgIpc) is 3.10. The molecule has 0 saturated carbocycles. The van der Waals surface area contributed by atoms with Gasteiger partial charge in [-0.05, 0) is 23.3 Å². The van der Waals surface area contributed by atoms with Gasteiger partial charge in [0.05, 0.1) is 11.4 Å². The lowest BCUT2D eigenvalue weighted by atomic mass is 9.91. The van der Waals surface area contributed by atoms with E-state index in [9.17, 15) is 84.2 Å². The molecule has 0 heterocycles. The SMILES string of the molecule is O=C(Nc1ccc(OC(F)=C(F)C(F)(F)C(F)(F)C(F)(F)C(F)(F)C(F)(F)C(F)(F)C(F)(F)F)cc1NC(=O)OCc1ccccc1)OCc1ccccc1. The van der Waals surface area contributed by atoms with E-state index in [2.05, 4.69) is 4.74 Å². The molecule has 3 rings (SSSR count). The predicted octanol–water partition coefficient (Wildman–Crippen LogP) is 11.0. The summed E-state index contributed by atoms with van der Waals surface area (Å²) in [6.45, 7) is -0.780. The van der Waals surface area contributed by atoms with Gasteiger partial charge < -0.3 is 14.2 Å². The molecule has 0 saturated heterocycles. The fourth-order valence-electron chi connectivity index (χ4n) is 3.91. The summed E-state index contributed by atoms with van der Waals surface area (Å²) in [5, 5.41) is 3.97. The molecular formula is C31H19F17N2O5. The van der Waals surface area contributed by atoms with Crippen molar-refractivity contribution in [2.75, 3.05) is 10.6 Å². The van der Waals surface area contributed by atoms with E-state index in [4.69, 9.17) is 9.47 Å². The van der Waals surface area contributed by atoms with Crippen molar-refractivity contribution in [1.82, 2.24) is 0 Å². The van der Waals surface area contributed by atoms with Crippen LogP contribution in [0.1, 0.15) is 11.1 Å². The maximum atomic E-state index is 14.5. The van der Waals surface area contributed by atoms with Crippen LogP contribution in [0, 0.1) is 0 Å². The van der Waals surface area contributed by atoms with Gasteiger partial charge in [0.25, 0.3) is 0 Å². The lowest BCUT2D eigenvalue weighted by Gasteiger charge is -2.41. The Bertz CT molecular complexity index is 1850. The van der Waals surface area contributed by atoms with Crippen LogP contribution in [0.2, 0.25) is 0 Å². The smallest absolute Gasteiger partial charge is 0.444 e. The van der Waals surface area contributed by atoms with E-state index in [1.54, 1.807) is 24.3 Å². The van der Waals surface area contributed by atoms with Crippen LogP contribution >= 0.6 is 0 Å². The predicted molar refractivity (Wildman–Crippen MR) is 153 cm³/mol. The Labute approximate surface area is 295 Å². The minimum absolute atomic E-state index is 0.294. The van der Waals surface area contributed by atoms with Crippen LogP contribution in [0.25, 0.3) is 0 Å². The second kappa shape index (κ2) is 15.7. The number of halogens is 17. The summed E-state index contributed by atoms with van der Waals surface area (Å²) in [6, 6.07) is 13.0. The third-order valence-corrected chi connectivity index (χ3v) is 6.87. The second-order valence-electron chi connectivity index (χ2n) is 10.7. The van der Waals surface area contributed by atoms with E-state index < -0.39 is 89.5 Å². The van der Waals surface area contributed by atoms with Gasteiger partial charge in [-0.2, -0.15) is 74.6 Å². The van der Waals surface area contributed by atoms with Gasteiger partial charge in [-0.25, -0.2) is 9.59 Å². The molecule has 2 N–H and O–H groups in total. The number of anilines is 2. The highest BCUT2D eigenvalue weighted by Gasteiger charge is 2.94. The molecule has 0 aliphatic heterocycles. The van der Waals surface area contributed by atoms with Gasteiger partial charge in [-0.3, -0.25) is 10.6 Å². The Morgan fingerprint density at radius 1 is 0.509 bits per heavy atom. The average molecular weight is 822 g/mol. The van der Waals surface area contributed by atoms with E-state index in [1.165, 1.54) is 36.4 Å². The molecule has 3 aromatic rings. The van der Waals surface area contributed by atoms with Crippen LogP contribution in [0.3, 0.4) is 0 Å². The molecule has 0 fully saturated rings. The molecule has 0 unspecified atom stereocenters. The highest BCUT2D eigenvalue weighted by atomic mass is 19.4. The number of hydrogen-bond donors (Lipinski definition) is 2. The standard InChI is InChI=1S/C31H19F17N2O5/c32-21(25(34,35)26(36,37)27(38,39)28(40,41)29(42,43)30(44,45)31(46,47)48)22(33)55-18-11-12-19(49-23(51)53-14-16-7-3-1-4-8-16)20(13-18)50-24(52)54-15-17-9-5-2-6-10-17/h1-13H,14-15H2,(H,49,51)(H,50,52). The van der Waals surface area contributed by atoms with Gasteiger partial charge >= 0.3 is 59.9 Å². The summed E-state index contributed by atoms with van der Waals surface area (Å²) >= 11 is 0. The van der Waals surface area contributed by atoms with Crippen molar-refractivity contribution in [3.63, 3.8) is 0 Å². The van der Waals surface area contributed by atoms with Crippen LogP contribution in [0.4, 0.5) is 95.6 Å². The molecule has 3 aromatic carbocycles. The van der Waals surface area contributed by atoms with E-state index in [-0.39, 0.29) is 6.61 Å². The first-order valence-corrected chi connectivity index (χ1v) is 14.3. The van der Waals surface area contributed by atoms with Gasteiger partial charge in [0.1, 0.15) is 19.0 Å². The Morgan fingerprint density at radius 2 is 0.909 bits per heavy atom. The van der Waals surface area contributed by atoms with Crippen molar-refractivity contribution in [3.8, 4) is 5.75 Å². The van der Waals surface area contributed by atoms with Crippen molar-refractivity contribution in [1.29, 1.82) is 0 Å². The van der Waals surface area contributed by atoms with Crippen molar-refractivity contribution < 1.29 is 98.4 Å². The molecule has 0 atom stereocenters. The molecule has 24 heteroatoms. The fourth-order valence-corrected chi connectivity index (χ4v) is 3.91. The number of ether oxygens (including phenoxy) is 3. The third-order valence-electron chi connectivity index (χ3n) is 6.87. The molecule has 0 bridgehead atoms. The Morgan fingerprint density at radius 3 is 1.35 bits per heavy atom. The minimum Gasteiger partial charge on any atom is -0.444 e. The summed E-state index contributed by atoms with van der Waals surface area (Å²) < 4.78 is 245. The minimum atomic E-state index is -8.75. The van der Waals surface area contributed by atoms with Crippen LogP contribution in [-0.2, 0) is 22.7 Å². The zero-order valence-corrected chi connectivity index (χ0v) is 26.4. The Hall–Kier alpha value is -5.45. The normalized spacial score (nSPS) is 13.8. The number of allylic oxidation sites excluding steroid dienone is 1. The topological polar surface area (TPSA) is 85.9 Å². The summed E-state index contributed by atoms with van der Waals surface area (Å²) in [4.78, 5) is 24.8. The lowest BCUT2D eigenvalue weighted by Crippen LogP contribution is -2.72. The molecular weight excluding hydrogens is 803 g/mol. The van der Waals surface area contributed by atoms with E-state index in [0.717, 1.165) is 0 Å². The summed E-state index contributed by atoms with van der Waals surface area (Å²) in [6.07, 6.45) is -10.5. The first-order chi connectivity index (χ1) is 25.1. The monoisotopic (exact) mass is 822 g/mol. The molecule has 0 aliphatic rings. The molecule has 302 valence electrons. The van der Waals surface area contributed by atoms with Gasteiger partial charge in [0.2, 0.25) is 5.83 Å². The molecule has 0 aromatic heterocycles. The first kappa shape index (κ1) is 44.0. The maximum absolute atomic E-state index is 14.5. The number of carbonyl (C=O) groups is 2. The van der Waals surface area contributed by atoms with Crippen molar-refractivity contribution >= 4 is 23.6 Å². The number of nitrogens with one attached hydrogen (secondary N) is 2. The van der Waals surface area contributed by atoms with Crippen molar-refractivity contribution in [2.24, 2.45) is 0 Å². The van der Waals surface area contributed by atoms with Crippen LogP contribution in [0.15, 0.2) is 90.7 Å². The molecule has 2 amide bonds. The fraction of sp³-hybridized carbons (Fsp3) is 0.290. The number of benzene rings is 3. The molecule has 0 spiro atoms. The van der Waals surface area contributed by atoms with E-state index in [0.29, 0.717) is 29.3 Å². The van der Waals surface area contributed by atoms with E-state index >= 15 is 0 Å². The largest absolute Gasteiger partial charge is 0.460 e. The number of hydrogen-bond acceptors (Lipinski definition) is 5. The molecule has 7 nitrogen and oxygen atoms in total. The van der Waals surface area contributed by atoms with Crippen LogP contribution in [-0.4, -0.2) is 53.9 Å². The quantitative estimate of drug-likeness (QED) is 0.125. The number of rotatable bonds is 14. The highest BCUT2D eigenvalue weighted by Crippen LogP contribution is 2.63. The second-order valence-corrected chi connectivity index (χ2v) is 10.7. The molecule has 0 radical (unpaired) electrons. The summed E-state index contributed by atoms with van der Waals surface area (Å²) in [5.41, 5.74) is -0.455. The first-order valence-electron chi connectivity index (χ1n) is 14.3. The Balaban J connectivity index is 1.95. The maximum Gasteiger partial charge on any atom is 0.460 e.